The fourth-order valence-corrected chi connectivity index (χ4v) is 3.82. The molecule has 8 nitrogen and oxygen atoms in total. The van der Waals surface area contributed by atoms with E-state index in [9.17, 15) is 9.18 Å². The second kappa shape index (κ2) is 8.26. The number of hydrogen-bond donors (Lipinski definition) is 1. The van der Waals surface area contributed by atoms with E-state index in [0.29, 0.717) is 28.6 Å². The average molecular weight is 432 g/mol. The zero-order valence-electron chi connectivity index (χ0n) is 17.5. The Morgan fingerprint density at radius 3 is 2.72 bits per heavy atom. The number of carbonyl (C=O) groups excluding carboxylic acids is 1. The second-order valence-electron chi connectivity index (χ2n) is 7.53. The van der Waals surface area contributed by atoms with Gasteiger partial charge in [0.2, 0.25) is 0 Å². The fraction of sp³-hybridized carbons (Fsp3) is 0.217. The minimum atomic E-state index is -0.447. The molecule has 4 aromatic rings. The van der Waals surface area contributed by atoms with Crippen molar-refractivity contribution in [2.24, 2.45) is 0 Å². The zero-order valence-corrected chi connectivity index (χ0v) is 17.5. The summed E-state index contributed by atoms with van der Waals surface area (Å²) >= 11 is 0. The van der Waals surface area contributed by atoms with E-state index in [1.54, 1.807) is 36.5 Å². The highest BCUT2D eigenvalue weighted by Gasteiger charge is 2.19. The quantitative estimate of drug-likeness (QED) is 0.522. The minimum Gasteiger partial charge on any atom is -0.496 e. The third-order valence-corrected chi connectivity index (χ3v) is 5.46. The molecular formula is C23H21FN6O2. The van der Waals surface area contributed by atoms with Crippen LogP contribution in [0.1, 0.15) is 12.8 Å². The number of urea groups is 1. The highest BCUT2D eigenvalue weighted by Crippen LogP contribution is 2.29. The second-order valence-corrected chi connectivity index (χ2v) is 7.53. The van der Waals surface area contributed by atoms with Crippen molar-refractivity contribution in [1.29, 1.82) is 0 Å². The molecular weight excluding hydrogens is 411 g/mol. The van der Waals surface area contributed by atoms with Gasteiger partial charge in [-0.15, -0.1) is 0 Å². The van der Waals surface area contributed by atoms with Crippen LogP contribution in [0.15, 0.2) is 54.9 Å². The number of hydrogen-bond acceptors (Lipinski definition) is 5. The molecule has 1 fully saturated rings. The molecule has 0 unspecified atom stereocenters. The number of methoxy groups -OCH3 is 1. The van der Waals surface area contributed by atoms with E-state index in [2.05, 4.69) is 20.4 Å². The standard InChI is InChI=1S/C23H21FN6O2/c1-32-21-7-3-2-6-16(21)19-13-25-22-27-20(14-30(22)28-19)17-12-15(8-9-18(17)24)26-23(31)29-10-4-5-11-29/h2-3,6-9,12-14H,4-5,10-11H2,1H3,(H,26,31). The monoisotopic (exact) mass is 432 g/mol. The zero-order chi connectivity index (χ0) is 22.1. The van der Waals surface area contributed by atoms with Gasteiger partial charge in [-0.05, 0) is 43.2 Å². The van der Waals surface area contributed by atoms with Gasteiger partial charge >= 0.3 is 6.03 Å². The normalized spacial score (nSPS) is 13.5. The molecule has 1 aliphatic rings. The molecule has 162 valence electrons. The number of rotatable bonds is 4. The maximum atomic E-state index is 14.6. The van der Waals surface area contributed by atoms with Gasteiger partial charge in [0.15, 0.2) is 0 Å². The number of benzene rings is 2. The first-order chi connectivity index (χ1) is 15.6. The number of anilines is 1. The molecule has 2 aromatic carbocycles. The molecule has 0 aliphatic carbocycles. The summed E-state index contributed by atoms with van der Waals surface area (Å²) in [5.74, 6) is 0.566. The third-order valence-electron chi connectivity index (χ3n) is 5.46. The van der Waals surface area contributed by atoms with E-state index in [1.807, 2.05) is 24.3 Å². The highest BCUT2D eigenvalue weighted by atomic mass is 19.1. The molecule has 5 rings (SSSR count). The van der Waals surface area contributed by atoms with Crippen molar-refractivity contribution < 1.29 is 13.9 Å². The number of carbonyl (C=O) groups is 1. The van der Waals surface area contributed by atoms with Crippen molar-refractivity contribution >= 4 is 17.5 Å². The van der Waals surface area contributed by atoms with Gasteiger partial charge in [-0.2, -0.15) is 5.10 Å². The maximum Gasteiger partial charge on any atom is 0.321 e. The van der Waals surface area contributed by atoms with Gasteiger partial charge in [0, 0.05) is 29.9 Å². The number of aromatic nitrogens is 4. The minimum absolute atomic E-state index is 0.181. The molecule has 32 heavy (non-hydrogen) atoms. The summed E-state index contributed by atoms with van der Waals surface area (Å²) in [5, 5.41) is 7.40. The first-order valence-electron chi connectivity index (χ1n) is 10.3. The smallest absolute Gasteiger partial charge is 0.321 e. The summed E-state index contributed by atoms with van der Waals surface area (Å²) in [7, 11) is 1.60. The van der Waals surface area contributed by atoms with Crippen molar-refractivity contribution in [2.45, 2.75) is 12.8 Å². The van der Waals surface area contributed by atoms with E-state index >= 15 is 0 Å². The molecule has 1 saturated heterocycles. The van der Waals surface area contributed by atoms with Crippen molar-refractivity contribution in [3.63, 3.8) is 0 Å². The number of fused-ring (bicyclic) bond motifs is 1. The number of para-hydroxylation sites is 1. The number of nitrogens with one attached hydrogen (secondary N) is 1. The molecule has 0 radical (unpaired) electrons. The molecule has 3 heterocycles. The van der Waals surface area contributed by atoms with Crippen LogP contribution in [0.5, 0.6) is 5.75 Å². The summed E-state index contributed by atoms with van der Waals surface area (Å²) in [5.41, 5.74) is 2.53. The lowest BCUT2D eigenvalue weighted by molar-refractivity contribution is 0.222. The lowest BCUT2D eigenvalue weighted by Gasteiger charge is -2.16. The van der Waals surface area contributed by atoms with Gasteiger partial charge in [-0.1, -0.05) is 12.1 Å². The van der Waals surface area contributed by atoms with Crippen LogP contribution in [-0.2, 0) is 0 Å². The van der Waals surface area contributed by atoms with Crippen LogP contribution >= 0.6 is 0 Å². The summed E-state index contributed by atoms with van der Waals surface area (Å²) < 4.78 is 21.5. The lowest BCUT2D eigenvalue weighted by Crippen LogP contribution is -2.32. The molecule has 9 heteroatoms. The number of imidazole rings is 1. The molecule has 2 aromatic heterocycles. The van der Waals surface area contributed by atoms with Crippen LogP contribution in [0.4, 0.5) is 14.9 Å². The summed E-state index contributed by atoms with van der Waals surface area (Å²) in [6, 6.07) is 11.8. The third kappa shape index (κ3) is 3.73. The van der Waals surface area contributed by atoms with Gasteiger partial charge in [0.1, 0.15) is 17.3 Å². The van der Waals surface area contributed by atoms with Crippen LogP contribution in [0.25, 0.3) is 28.3 Å². The molecule has 0 atom stereocenters. The van der Waals surface area contributed by atoms with Crippen LogP contribution < -0.4 is 10.1 Å². The van der Waals surface area contributed by atoms with Crippen molar-refractivity contribution in [3.8, 4) is 28.3 Å². The Bertz CT molecular complexity index is 1300. The summed E-state index contributed by atoms with van der Waals surface area (Å²) in [6.45, 7) is 1.47. The molecule has 1 N–H and O–H groups in total. The fourth-order valence-electron chi connectivity index (χ4n) is 3.82. The number of likely N-dealkylation sites (tertiary alicyclic amines) is 1. The predicted molar refractivity (Wildman–Crippen MR) is 118 cm³/mol. The van der Waals surface area contributed by atoms with Gasteiger partial charge in [-0.25, -0.2) is 23.7 Å². The number of halogens is 1. The van der Waals surface area contributed by atoms with E-state index in [1.165, 1.54) is 10.6 Å². The van der Waals surface area contributed by atoms with Crippen LogP contribution in [-0.4, -0.2) is 50.7 Å². The molecule has 2 amide bonds. The van der Waals surface area contributed by atoms with Crippen molar-refractivity contribution in [1.82, 2.24) is 24.5 Å². The van der Waals surface area contributed by atoms with Gasteiger partial charge in [-0.3, -0.25) is 0 Å². The number of ether oxygens (including phenoxy) is 1. The van der Waals surface area contributed by atoms with E-state index < -0.39 is 5.82 Å². The highest BCUT2D eigenvalue weighted by molar-refractivity contribution is 5.90. The van der Waals surface area contributed by atoms with E-state index in [4.69, 9.17) is 4.74 Å². The van der Waals surface area contributed by atoms with Gasteiger partial charge in [0.05, 0.1) is 25.2 Å². The van der Waals surface area contributed by atoms with Crippen molar-refractivity contribution in [2.75, 3.05) is 25.5 Å². The SMILES string of the molecule is COc1ccccc1-c1cnc2nc(-c3cc(NC(=O)N4CCCC4)ccc3F)cn2n1. The molecule has 1 aliphatic heterocycles. The molecule has 0 saturated carbocycles. The summed E-state index contributed by atoms with van der Waals surface area (Å²) in [6.07, 6.45) is 5.22. The summed E-state index contributed by atoms with van der Waals surface area (Å²) in [4.78, 5) is 22.9. The van der Waals surface area contributed by atoms with Gasteiger partial charge in [0.25, 0.3) is 5.78 Å². The van der Waals surface area contributed by atoms with Crippen LogP contribution in [0, 0.1) is 5.82 Å². The van der Waals surface area contributed by atoms with Gasteiger partial charge < -0.3 is 15.0 Å². The Kier molecular flexibility index (Phi) is 5.14. The van der Waals surface area contributed by atoms with E-state index in [0.717, 1.165) is 31.5 Å². The topological polar surface area (TPSA) is 84.7 Å². The maximum absolute atomic E-state index is 14.6. The van der Waals surface area contributed by atoms with E-state index in [-0.39, 0.29) is 11.6 Å². The Balaban J connectivity index is 1.47. The Morgan fingerprint density at radius 2 is 1.91 bits per heavy atom. The number of amides is 2. The molecule has 0 bridgehead atoms. The number of nitrogens with zero attached hydrogens (tertiary/aromatic N) is 5. The largest absolute Gasteiger partial charge is 0.496 e. The first kappa shape index (κ1) is 19.9. The Labute approximate surface area is 183 Å². The molecule has 0 spiro atoms. The Morgan fingerprint density at radius 1 is 1.09 bits per heavy atom. The lowest BCUT2D eigenvalue weighted by atomic mass is 10.1. The predicted octanol–water partition coefficient (Wildman–Crippen LogP) is 4.23. The average Bonchev–Trinajstić information content (AvgIpc) is 3.50. The first-order valence-corrected chi connectivity index (χ1v) is 10.3. The van der Waals surface area contributed by atoms with Crippen LogP contribution in [0.2, 0.25) is 0 Å². The van der Waals surface area contributed by atoms with Crippen LogP contribution in [0.3, 0.4) is 0 Å². The Hall–Kier alpha value is -4.01. The van der Waals surface area contributed by atoms with Crippen molar-refractivity contribution in [3.05, 3.63) is 60.7 Å².